The molecule has 0 bridgehead atoms. The van der Waals surface area contributed by atoms with Gasteiger partial charge in [-0.25, -0.2) is 0 Å². The Bertz CT molecular complexity index is 125. The van der Waals surface area contributed by atoms with Crippen LogP contribution < -0.4 is 0 Å². The second kappa shape index (κ2) is 2.70. The highest BCUT2D eigenvalue weighted by Crippen LogP contribution is 2.33. The van der Waals surface area contributed by atoms with Gasteiger partial charge in [-0.1, -0.05) is 12.7 Å². The van der Waals surface area contributed by atoms with Gasteiger partial charge in [-0.15, -0.1) is 0 Å². The van der Waals surface area contributed by atoms with E-state index in [1.165, 1.54) is 0 Å². The summed E-state index contributed by atoms with van der Waals surface area (Å²) in [5, 5.41) is 0. The van der Waals surface area contributed by atoms with Crippen LogP contribution in [-0.2, 0) is 14.2 Å². The molecule has 3 heteroatoms. The Morgan fingerprint density at radius 1 is 1.60 bits per heavy atom. The predicted molar refractivity (Wildman–Crippen MR) is 36.7 cm³/mol. The van der Waals surface area contributed by atoms with Crippen molar-refractivity contribution >= 4 is 0 Å². The van der Waals surface area contributed by atoms with Gasteiger partial charge in [0.1, 0.15) is 0 Å². The fourth-order valence-corrected chi connectivity index (χ4v) is 0.929. The molecule has 0 aromatic rings. The quantitative estimate of drug-likeness (QED) is 0.328. The van der Waals surface area contributed by atoms with Crippen molar-refractivity contribution in [3.8, 4) is 0 Å². The molecule has 0 saturated carbocycles. The average molecular weight is 144 g/mol. The second-order valence-corrected chi connectivity index (χ2v) is 2.25. The first-order valence-electron chi connectivity index (χ1n) is 3.12. The van der Waals surface area contributed by atoms with Gasteiger partial charge in [-0.2, -0.15) is 0 Å². The van der Waals surface area contributed by atoms with Crippen LogP contribution in [0.5, 0.6) is 0 Å². The Morgan fingerprint density at radius 2 is 2.10 bits per heavy atom. The Labute approximate surface area is 60.6 Å². The number of epoxide rings is 1. The van der Waals surface area contributed by atoms with Crippen molar-refractivity contribution in [3.05, 3.63) is 12.7 Å². The molecule has 1 aliphatic rings. The molecule has 0 spiro atoms. The highest BCUT2D eigenvalue weighted by Gasteiger charge is 2.50. The summed E-state index contributed by atoms with van der Waals surface area (Å²) in [7, 11) is 3.17. The second-order valence-electron chi connectivity index (χ2n) is 2.25. The summed E-state index contributed by atoms with van der Waals surface area (Å²) >= 11 is 0. The predicted octanol–water partition coefficient (Wildman–Crippen LogP) is 0.560. The zero-order chi connectivity index (χ0) is 7.61. The molecule has 0 N–H and O–H groups in total. The van der Waals surface area contributed by atoms with Crippen molar-refractivity contribution in [2.24, 2.45) is 0 Å². The molecule has 0 aromatic carbocycles. The topological polar surface area (TPSA) is 31.0 Å². The van der Waals surface area contributed by atoms with Gasteiger partial charge in [0, 0.05) is 14.2 Å². The molecule has 58 valence electrons. The van der Waals surface area contributed by atoms with Crippen molar-refractivity contribution in [1.29, 1.82) is 0 Å². The van der Waals surface area contributed by atoms with E-state index in [0.717, 1.165) is 0 Å². The highest BCUT2D eigenvalue weighted by atomic mass is 16.7. The molecular weight excluding hydrogens is 132 g/mol. The van der Waals surface area contributed by atoms with Crippen LogP contribution in [0.25, 0.3) is 0 Å². The lowest BCUT2D eigenvalue weighted by molar-refractivity contribution is -0.133. The highest BCUT2D eigenvalue weighted by molar-refractivity contribution is 5.09. The molecule has 0 radical (unpaired) electrons. The molecule has 10 heavy (non-hydrogen) atoms. The first-order valence-corrected chi connectivity index (χ1v) is 3.12. The molecule has 1 heterocycles. The Kier molecular flexibility index (Phi) is 2.08. The van der Waals surface area contributed by atoms with Crippen LogP contribution in [0.15, 0.2) is 12.7 Å². The number of rotatable bonds is 4. The summed E-state index contributed by atoms with van der Waals surface area (Å²) in [5.41, 5.74) is -0.372. The minimum absolute atomic E-state index is 0.315. The van der Waals surface area contributed by atoms with Crippen molar-refractivity contribution in [1.82, 2.24) is 0 Å². The molecule has 3 nitrogen and oxygen atoms in total. The van der Waals surface area contributed by atoms with E-state index >= 15 is 0 Å². The minimum atomic E-state index is -0.372. The van der Waals surface area contributed by atoms with Gasteiger partial charge in [-0.05, 0) is 0 Å². The van der Waals surface area contributed by atoms with Crippen molar-refractivity contribution in [3.63, 3.8) is 0 Å². The summed E-state index contributed by atoms with van der Waals surface area (Å²) < 4.78 is 15.1. The van der Waals surface area contributed by atoms with Crippen molar-refractivity contribution < 1.29 is 14.2 Å². The number of ether oxygens (including phenoxy) is 3. The molecule has 0 aromatic heterocycles. The zero-order valence-corrected chi connectivity index (χ0v) is 6.29. The summed E-state index contributed by atoms with van der Waals surface area (Å²) in [4.78, 5) is 0. The van der Waals surface area contributed by atoms with Crippen LogP contribution in [0.3, 0.4) is 0 Å². The third-order valence-corrected chi connectivity index (χ3v) is 1.65. The SMILES string of the molecule is C=CC1(C(OC)OC)CO1. The first-order chi connectivity index (χ1) is 4.79. The fraction of sp³-hybridized carbons (Fsp3) is 0.714. The Balaban J connectivity index is 2.51. The van der Waals surface area contributed by atoms with Crippen molar-refractivity contribution in [2.45, 2.75) is 11.9 Å². The van der Waals surface area contributed by atoms with Gasteiger partial charge in [0.25, 0.3) is 0 Å². The van der Waals surface area contributed by atoms with E-state index in [1.54, 1.807) is 20.3 Å². The van der Waals surface area contributed by atoms with Gasteiger partial charge in [0.15, 0.2) is 11.9 Å². The molecule has 1 fully saturated rings. The third kappa shape index (κ3) is 1.08. The molecule has 1 aliphatic heterocycles. The van der Waals surface area contributed by atoms with Gasteiger partial charge in [-0.3, -0.25) is 0 Å². The maximum atomic E-state index is 5.12. The van der Waals surface area contributed by atoms with Crippen LogP contribution in [0.4, 0.5) is 0 Å². The lowest BCUT2D eigenvalue weighted by atomic mass is 10.1. The average Bonchev–Trinajstić information content (AvgIpc) is 2.72. The first kappa shape index (κ1) is 7.72. The van der Waals surface area contributed by atoms with Crippen LogP contribution in [-0.4, -0.2) is 32.7 Å². The summed E-state index contributed by atoms with van der Waals surface area (Å²) in [6.07, 6.45) is 1.40. The van der Waals surface area contributed by atoms with E-state index < -0.39 is 0 Å². The number of methoxy groups -OCH3 is 2. The maximum Gasteiger partial charge on any atom is 0.191 e. The smallest absolute Gasteiger partial charge is 0.191 e. The number of hydrogen-bond donors (Lipinski definition) is 0. The van der Waals surface area contributed by atoms with E-state index in [1.807, 2.05) is 0 Å². The fourth-order valence-electron chi connectivity index (χ4n) is 0.929. The van der Waals surface area contributed by atoms with Crippen LogP contribution in [0.1, 0.15) is 0 Å². The Hall–Kier alpha value is -0.380. The molecule has 0 aliphatic carbocycles. The largest absolute Gasteiger partial charge is 0.360 e. The van der Waals surface area contributed by atoms with Crippen LogP contribution in [0.2, 0.25) is 0 Å². The van der Waals surface area contributed by atoms with Crippen molar-refractivity contribution in [2.75, 3.05) is 20.8 Å². The summed E-state index contributed by atoms with van der Waals surface area (Å²) in [6, 6.07) is 0. The number of hydrogen-bond acceptors (Lipinski definition) is 3. The van der Waals surface area contributed by atoms with E-state index in [-0.39, 0.29) is 11.9 Å². The molecule has 1 atom stereocenters. The van der Waals surface area contributed by atoms with Gasteiger partial charge in [0.2, 0.25) is 0 Å². The van der Waals surface area contributed by atoms with Crippen LogP contribution in [0, 0.1) is 0 Å². The summed E-state index contributed by atoms with van der Waals surface area (Å²) in [6.45, 7) is 4.27. The molecular formula is C7H12O3. The van der Waals surface area contributed by atoms with E-state index in [0.29, 0.717) is 6.61 Å². The van der Waals surface area contributed by atoms with Crippen LogP contribution >= 0.6 is 0 Å². The summed E-state index contributed by atoms with van der Waals surface area (Å²) in [5.74, 6) is 0. The molecule has 0 amide bonds. The zero-order valence-electron chi connectivity index (χ0n) is 6.29. The lowest BCUT2D eigenvalue weighted by Crippen LogP contribution is -2.31. The maximum absolute atomic E-state index is 5.12. The Morgan fingerprint density at radius 3 is 2.20 bits per heavy atom. The van der Waals surface area contributed by atoms with E-state index in [4.69, 9.17) is 14.2 Å². The van der Waals surface area contributed by atoms with Gasteiger partial charge < -0.3 is 14.2 Å². The minimum Gasteiger partial charge on any atom is -0.360 e. The third-order valence-electron chi connectivity index (χ3n) is 1.65. The van der Waals surface area contributed by atoms with Gasteiger partial charge >= 0.3 is 0 Å². The standard InChI is InChI=1S/C7H12O3/c1-4-7(5-10-7)6(8-2)9-3/h4,6H,1,5H2,2-3H3. The normalized spacial score (nSPS) is 30.7. The molecule has 1 unspecified atom stereocenters. The molecule has 1 saturated heterocycles. The molecule has 1 rings (SSSR count). The van der Waals surface area contributed by atoms with E-state index in [9.17, 15) is 0 Å². The monoisotopic (exact) mass is 144 g/mol. The van der Waals surface area contributed by atoms with Gasteiger partial charge in [0.05, 0.1) is 6.61 Å². The van der Waals surface area contributed by atoms with E-state index in [2.05, 4.69) is 6.58 Å². The lowest BCUT2D eigenvalue weighted by Gasteiger charge is -2.17.